The number of aromatic nitrogens is 1. The highest BCUT2D eigenvalue weighted by Gasteiger charge is 2.32. The molecule has 24 heavy (non-hydrogen) atoms. The minimum Gasteiger partial charge on any atom is -0.366 e. The Labute approximate surface area is 139 Å². The highest BCUT2D eigenvalue weighted by Crippen LogP contribution is 2.28. The third-order valence-electron chi connectivity index (χ3n) is 4.15. The summed E-state index contributed by atoms with van der Waals surface area (Å²) in [7, 11) is 0. The monoisotopic (exact) mass is 335 g/mol. The van der Waals surface area contributed by atoms with Crippen molar-refractivity contribution in [2.45, 2.75) is 31.6 Å². The van der Waals surface area contributed by atoms with Gasteiger partial charge in [-0.3, -0.25) is 4.90 Å². The topological polar surface area (TPSA) is 28.2 Å². The summed E-state index contributed by atoms with van der Waals surface area (Å²) < 4.78 is 38.3. The number of nitrogens with zero attached hydrogens (tertiary/aromatic N) is 2. The van der Waals surface area contributed by atoms with E-state index in [0.717, 1.165) is 38.5 Å². The zero-order chi connectivity index (χ0) is 17.0. The Kier molecular flexibility index (Phi) is 5.04. The fraction of sp³-hybridized carbons (Fsp3) is 0.389. The first kappa shape index (κ1) is 16.8. The molecule has 128 valence electrons. The van der Waals surface area contributed by atoms with Crippen molar-refractivity contribution in [1.29, 1.82) is 0 Å². The summed E-state index contributed by atoms with van der Waals surface area (Å²) in [6.07, 6.45) is -2.46. The molecule has 0 bridgehead atoms. The van der Waals surface area contributed by atoms with Crippen LogP contribution in [0.4, 0.5) is 19.0 Å². The summed E-state index contributed by atoms with van der Waals surface area (Å²) in [5, 5.41) is 3.16. The molecule has 2 aromatic rings. The number of piperidine rings is 1. The van der Waals surface area contributed by atoms with Crippen LogP contribution in [0.5, 0.6) is 0 Å². The predicted molar refractivity (Wildman–Crippen MR) is 87.6 cm³/mol. The molecule has 1 N–H and O–H groups in total. The normalized spacial score (nSPS) is 19.2. The van der Waals surface area contributed by atoms with E-state index in [1.165, 1.54) is 11.6 Å². The number of benzene rings is 1. The van der Waals surface area contributed by atoms with Gasteiger partial charge in [0.15, 0.2) is 0 Å². The SMILES string of the molecule is FC(F)(F)c1cccc(NC2CCCN(Cc3ccccc3)C2)n1. The first-order valence-corrected chi connectivity index (χ1v) is 8.08. The number of pyridine rings is 1. The number of halogens is 3. The number of alkyl halides is 3. The fourth-order valence-corrected chi connectivity index (χ4v) is 3.04. The highest BCUT2D eigenvalue weighted by atomic mass is 19.4. The maximum absolute atomic E-state index is 12.8. The first-order valence-electron chi connectivity index (χ1n) is 8.08. The molecule has 1 fully saturated rings. The molecule has 1 aromatic heterocycles. The minimum atomic E-state index is -4.41. The van der Waals surface area contributed by atoms with Crippen LogP contribution >= 0.6 is 0 Å². The summed E-state index contributed by atoms with van der Waals surface area (Å²) >= 11 is 0. The van der Waals surface area contributed by atoms with E-state index in [4.69, 9.17) is 0 Å². The number of likely N-dealkylation sites (tertiary alicyclic amines) is 1. The van der Waals surface area contributed by atoms with Crippen LogP contribution in [0.2, 0.25) is 0 Å². The Bertz CT molecular complexity index is 658. The Balaban J connectivity index is 1.61. The molecule has 0 aliphatic carbocycles. The quantitative estimate of drug-likeness (QED) is 0.909. The van der Waals surface area contributed by atoms with Crippen LogP contribution in [-0.2, 0) is 12.7 Å². The van der Waals surface area contributed by atoms with Crippen molar-refractivity contribution < 1.29 is 13.2 Å². The maximum Gasteiger partial charge on any atom is 0.433 e. The smallest absolute Gasteiger partial charge is 0.366 e. The van der Waals surface area contributed by atoms with E-state index >= 15 is 0 Å². The highest BCUT2D eigenvalue weighted by molar-refractivity contribution is 5.37. The van der Waals surface area contributed by atoms with E-state index in [0.29, 0.717) is 0 Å². The Morgan fingerprint density at radius 3 is 2.62 bits per heavy atom. The lowest BCUT2D eigenvalue weighted by Crippen LogP contribution is -2.41. The van der Waals surface area contributed by atoms with E-state index in [2.05, 4.69) is 27.3 Å². The van der Waals surface area contributed by atoms with Crippen molar-refractivity contribution in [2.75, 3.05) is 18.4 Å². The van der Waals surface area contributed by atoms with E-state index in [9.17, 15) is 13.2 Å². The zero-order valence-electron chi connectivity index (χ0n) is 13.3. The summed E-state index contributed by atoms with van der Waals surface area (Å²) in [5.74, 6) is 0.288. The van der Waals surface area contributed by atoms with Crippen LogP contribution in [0.15, 0.2) is 48.5 Å². The molecule has 2 heterocycles. The third kappa shape index (κ3) is 4.47. The summed E-state index contributed by atoms with van der Waals surface area (Å²) in [5.41, 5.74) is 0.389. The van der Waals surface area contributed by atoms with Gasteiger partial charge in [0.2, 0.25) is 0 Å². The number of rotatable bonds is 4. The second-order valence-electron chi connectivity index (χ2n) is 6.11. The molecule has 1 aromatic carbocycles. The molecule has 3 nitrogen and oxygen atoms in total. The van der Waals surface area contributed by atoms with E-state index in [-0.39, 0.29) is 11.9 Å². The van der Waals surface area contributed by atoms with Crippen molar-refractivity contribution >= 4 is 5.82 Å². The van der Waals surface area contributed by atoms with Crippen LogP contribution in [0, 0.1) is 0 Å². The average molecular weight is 335 g/mol. The molecule has 1 aliphatic heterocycles. The molecule has 6 heteroatoms. The second kappa shape index (κ2) is 7.21. The molecule has 1 saturated heterocycles. The van der Waals surface area contributed by atoms with Gasteiger partial charge in [-0.25, -0.2) is 4.98 Å². The van der Waals surface area contributed by atoms with Crippen molar-refractivity contribution in [1.82, 2.24) is 9.88 Å². The minimum absolute atomic E-state index is 0.110. The average Bonchev–Trinajstić information content (AvgIpc) is 2.56. The van der Waals surface area contributed by atoms with Gasteiger partial charge in [0.25, 0.3) is 0 Å². The van der Waals surface area contributed by atoms with Gasteiger partial charge in [-0.15, -0.1) is 0 Å². The number of anilines is 1. The maximum atomic E-state index is 12.8. The van der Waals surface area contributed by atoms with Gasteiger partial charge in [0.05, 0.1) is 0 Å². The van der Waals surface area contributed by atoms with Gasteiger partial charge in [0, 0.05) is 19.1 Å². The van der Waals surface area contributed by atoms with Crippen LogP contribution in [0.25, 0.3) is 0 Å². The fourth-order valence-electron chi connectivity index (χ4n) is 3.04. The molecule has 0 saturated carbocycles. The number of hydrogen-bond acceptors (Lipinski definition) is 3. The van der Waals surface area contributed by atoms with Crippen molar-refractivity contribution in [3.63, 3.8) is 0 Å². The molecule has 1 aliphatic rings. The molecule has 0 spiro atoms. The number of nitrogens with one attached hydrogen (secondary N) is 1. The lowest BCUT2D eigenvalue weighted by atomic mass is 10.0. The van der Waals surface area contributed by atoms with Gasteiger partial charge >= 0.3 is 6.18 Å². The first-order chi connectivity index (χ1) is 11.5. The second-order valence-corrected chi connectivity index (χ2v) is 6.11. The van der Waals surface area contributed by atoms with Crippen LogP contribution < -0.4 is 5.32 Å². The van der Waals surface area contributed by atoms with Gasteiger partial charge in [-0.2, -0.15) is 13.2 Å². The molecular formula is C18H20F3N3. The van der Waals surface area contributed by atoms with Crippen molar-refractivity contribution in [3.05, 3.63) is 59.8 Å². The predicted octanol–water partition coefficient (Wildman–Crippen LogP) is 4.18. The van der Waals surface area contributed by atoms with Gasteiger partial charge < -0.3 is 5.32 Å². The van der Waals surface area contributed by atoms with Crippen molar-refractivity contribution in [2.24, 2.45) is 0 Å². The summed E-state index contributed by atoms with van der Waals surface area (Å²) in [6.45, 7) is 2.66. The zero-order valence-corrected chi connectivity index (χ0v) is 13.3. The van der Waals surface area contributed by atoms with Gasteiger partial charge in [-0.1, -0.05) is 36.4 Å². The number of hydrogen-bond donors (Lipinski definition) is 1. The van der Waals surface area contributed by atoms with Crippen molar-refractivity contribution in [3.8, 4) is 0 Å². The lowest BCUT2D eigenvalue weighted by molar-refractivity contribution is -0.141. The molecule has 1 atom stereocenters. The molecular weight excluding hydrogens is 315 g/mol. The third-order valence-corrected chi connectivity index (χ3v) is 4.15. The molecule has 1 unspecified atom stereocenters. The largest absolute Gasteiger partial charge is 0.433 e. The van der Waals surface area contributed by atoms with E-state index < -0.39 is 11.9 Å². The Morgan fingerprint density at radius 1 is 1.08 bits per heavy atom. The molecule has 0 amide bonds. The van der Waals surface area contributed by atoms with Crippen LogP contribution in [0.3, 0.4) is 0 Å². The lowest BCUT2D eigenvalue weighted by Gasteiger charge is -2.33. The standard InChI is InChI=1S/C18H20F3N3/c19-18(20,21)16-9-4-10-17(23-16)22-15-8-5-11-24(13-15)12-14-6-2-1-3-7-14/h1-4,6-7,9-10,15H,5,8,11-13H2,(H,22,23). The Hall–Kier alpha value is -2.08. The van der Waals surface area contributed by atoms with Gasteiger partial charge in [0.1, 0.15) is 11.5 Å². The van der Waals surface area contributed by atoms with E-state index in [1.54, 1.807) is 6.07 Å². The summed E-state index contributed by atoms with van der Waals surface area (Å²) in [6, 6.07) is 14.3. The summed E-state index contributed by atoms with van der Waals surface area (Å²) in [4.78, 5) is 6.02. The van der Waals surface area contributed by atoms with Crippen LogP contribution in [0.1, 0.15) is 24.1 Å². The van der Waals surface area contributed by atoms with Crippen LogP contribution in [-0.4, -0.2) is 29.0 Å². The van der Waals surface area contributed by atoms with Gasteiger partial charge in [-0.05, 0) is 37.1 Å². The molecule has 3 rings (SSSR count). The van der Waals surface area contributed by atoms with E-state index in [1.807, 2.05) is 18.2 Å². The Morgan fingerprint density at radius 2 is 1.88 bits per heavy atom. The molecule has 0 radical (unpaired) electrons.